The zero-order valence-corrected chi connectivity index (χ0v) is 26.1. The van der Waals surface area contributed by atoms with Crippen molar-refractivity contribution in [1.82, 2.24) is 29.0 Å². The van der Waals surface area contributed by atoms with Crippen molar-refractivity contribution < 1.29 is 41.7 Å². The van der Waals surface area contributed by atoms with Gasteiger partial charge in [-0.05, 0) is 42.3 Å². The van der Waals surface area contributed by atoms with E-state index in [4.69, 9.17) is 21.1 Å². The van der Waals surface area contributed by atoms with E-state index >= 15 is 4.39 Å². The first-order valence-corrected chi connectivity index (χ1v) is 15.4. The van der Waals surface area contributed by atoms with Gasteiger partial charge in [-0.25, -0.2) is 9.37 Å². The molecular weight excluding hydrogens is 678 g/mol. The Morgan fingerprint density at radius 1 is 1.22 bits per heavy atom. The number of alkyl halides is 4. The predicted molar refractivity (Wildman–Crippen MR) is 164 cm³/mol. The van der Waals surface area contributed by atoms with E-state index in [1.807, 2.05) is 0 Å². The van der Waals surface area contributed by atoms with Crippen LogP contribution in [0.1, 0.15) is 46.0 Å². The number of halogens is 5. The average Bonchev–Trinajstić information content (AvgIpc) is 3.69. The Bertz CT molecular complexity index is 2100. The van der Waals surface area contributed by atoms with Gasteiger partial charge >= 0.3 is 6.18 Å². The van der Waals surface area contributed by atoms with Gasteiger partial charge < -0.3 is 29.4 Å². The van der Waals surface area contributed by atoms with Crippen molar-refractivity contribution in [2.24, 2.45) is 0 Å². The number of amides is 2. The maximum Gasteiger partial charge on any atom is 0.416 e. The summed E-state index contributed by atoms with van der Waals surface area (Å²) in [6.07, 6.45) is -3.19. The number of fused-ring (bicyclic) bond motifs is 3. The lowest BCUT2D eigenvalue weighted by atomic mass is 9.83. The van der Waals surface area contributed by atoms with Crippen molar-refractivity contribution in [3.8, 4) is 5.75 Å². The summed E-state index contributed by atoms with van der Waals surface area (Å²) in [5.74, 6) is -1.66. The Morgan fingerprint density at radius 2 is 2.04 bits per heavy atom. The van der Waals surface area contributed by atoms with Gasteiger partial charge in [0, 0.05) is 19.2 Å². The molecule has 0 radical (unpaired) electrons. The van der Waals surface area contributed by atoms with Gasteiger partial charge in [-0.15, -0.1) is 5.10 Å². The van der Waals surface area contributed by atoms with Crippen LogP contribution >= 0.6 is 11.6 Å². The molecule has 49 heavy (non-hydrogen) atoms. The SMILES string of the molecule is O=C(Cn1c2c(c(=O)n3nc(C4=CCOCC4)nc13)[C@]1(CCN(C(=O)c3ncccc3O)C[C@@H]1F)OC2)Nc1ccc(C(F)(F)F)cc1Cl. The second kappa shape index (κ2) is 12.2. The number of carbonyl (C=O) groups is 2. The van der Waals surface area contributed by atoms with Crippen LogP contribution in [-0.2, 0) is 39.2 Å². The highest BCUT2D eigenvalue weighted by atomic mass is 35.5. The molecule has 1 saturated heterocycles. The molecule has 0 aliphatic carbocycles. The number of nitrogens with one attached hydrogen (secondary N) is 1. The third-order valence-electron chi connectivity index (χ3n) is 8.78. The average molecular weight is 704 g/mol. The fraction of sp³-hybridized carbons (Fsp3) is 0.355. The molecule has 0 unspecified atom stereocenters. The zero-order valence-electron chi connectivity index (χ0n) is 25.3. The lowest BCUT2D eigenvalue weighted by Crippen LogP contribution is -2.55. The number of rotatable bonds is 5. The summed E-state index contributed by atoms with van der Waals surface area (Å²) in [6.45, 7) is -0.686. The summed E-state index contributed by atoms with van der Waals surface area (Å²) in [7, 11) is 0. The highest BCUT2D eigenvalue weighted by Gasteiger charge is 2.54. The van der Waals surface area contributed by atoms with Crippen molar-refractivity contribution in [3.05, 3.63) is 86.3 Å². The molecule has 2 atom stereocenters. The Hall–Kier alpha value is -4.87. The third-order valence-corrected chi connectivity index (χ3v) is 9.09. The molecule has 2 N–H and O–H groups in total. The smallest absolute Gasteiger partial charge is 0.416 e. The summed E-state index contributed by atoms with van der Waals surface area (Å²) >= 11 is 6.06. The number of piperidine rings is 1. The molecule has 7 rings (SSSR count). The van der Waals surface area contributed by atoms with Crippen LogP contribution in [0.2, 0.25) is 5.02 Å². The van der Waals surface area contributed by atoms with E-state index in [1.165, 1.54) is 27.8 Å². The van der Waals surface area contributed by atoms with Crippen LogP contribution < -0.4 is 10.9 Å². The van der Waals surface area contributed by atoms with Crippen LogP contribution in [0.5, 0.6) is 5.75 Å². The number of pyridine rings is 1. The predicted octanol–water partition coefficient (Wildman–Crippen LogP) is 3.72. The Kier molecular flexibility index (Phi) is 8.15. The van der Waals surface area contributed by atoms with Crippen molar-refractivity contribution in [2.75, 3.05) is 31.6 Å². The first-order chi connectivity index (χ1) is 23.4. The second-order valence-electron chi connectivity index (χ2n) is 11.7. The van der Waals surface area contributed by atoms with Gasteiger partial charge in [0.1, 0.15) is 17.9 Å². The maximum atomic E-state index is 16.4. The van der Waals surface area contributed by atoms with Gasteiger partial charge in [0.25, 0.3) is 11.5 Å². The molecule has 0 saturated carbocycles. The molecule has 6 heterocycles. The number of benzene rings is 1. The lowest BCUT2D eigenvalue weighted by molar-refractivity contribution is -0.137. The fourth-order valence-electron chi connectivity index (χ4n) is 6.33. The van der Waals surface area contributed by atoms with Gasteiger partial charge in [0.2, 0.25) is 11.7 Å². The second-order valence-corrected chi connectivity index (χ2v) is 12.1. The number of anilines is 1. The number of aromatic hydroxyl groups is 1. The largest absolute Gasteiger partial charge is 0.505 e. The van der Waals surface area contributed by atoms with Gasteiger partial charge in [0.05, 0.1) is 53.9 Å². The van der Waals surface area contributed by atoms with E-state index in [2.05, 4.69) is 20.4 Å². The van der Waals surface area contributed by atoms with Gasteiger partial charge in [-0.2, -0.15) is 22.7 Å². The lowest BCUT2D eigenvalue weighted by Gasteiger charge is -2.41. The van der Waals surface area contributed by atoms with E-state index in [0.717, 1.165) is 16.6 Å². The number of nitrogens with zero attached hydrogens (tertiary/aromatic N) is 6. The minimum absolute atomic E-state index is 0.0471. The van der Waals surface area contributed by atoms with Crippen LogP contribution in [0.3, 0.4) is 0 Å². The summed E-state index contributed by atoms with van der Waals surface area (Å²) in [5.41, 5.74) is -3.13. The Morgan fingerprint density at radius 3 is 2.73 bits per heavy atom. The van der Waals surface area contributed by atoms with E-state index in [9.17, 15) is 32.7 Å². The number of aromatic nitrogens is 5. The third kappa shape index (κ3) is 5.70. The normalized spacial score (nSPS) is 20.8. The number of likely N-dealkylation sites (tertiary alicyclic amines) is 1. The Balaban J connectivity index is 1.26. The molecule has 18 heteroatoms. The number of hydrogen-bond donors (Lipinski definition) is 2. The minimum Gasteiger partial charge on any atom is -0.505 e. The van der Waals surface area contributed by atoms with E-state index in [0.29, 0.717) is 31.3 Å². The first kappa shape index (κ1) is 32.7. The summed E-state index contributed by atoms with van der Waals surface area (Å²) in [4.78, 5) is 50.3. The van der Waals surface area contributed by atoms with Crippen molar-refractivity contribution in [2.45, 2.75) is 43.9 Å². The number of hydrogen-bond acceptors (Lipinski definition) is 9. The van der Waals surface area contributed by atoms with Crippen molar-refractivity contribution >= 4 is 40.5 Å². The summed E-state index contributed by atoms with van der Waals surface area (Å²) < 4.78 is 69.6. The van der Waals surface area contributed by atoms with Gasteiger partial charge in [-0.3, -0.25) is 14.4 Å². The molecule has 1 fully saturated rings. The molecule has 2 amide bonds. The topological polar surface area (TPSA) is 153 Å². The molecule has 3 aliphatic rings. The van der Waals surface area contributed by atoms with Gasteiger partial charge in [0.15, 0.2) is 17.7 Å². The fourth-order valence-corrected chi connectivity index (χ4v) is 6.56. The highest BCUT2D eigenvalue weighted by molar-refractivity contribution is 6.33. The molecule has 3 aromatic heterocycles. The number of ether oxygens (including phenoxy) is 2. The molecule has 1 aromatic carbocycles. The first-order valence-electron chi connectivity index (χ1n) is 15.1. The molecular formula is C31H26ClF4N7O6. The maximum absolute atomic E-state index is 16.4. The molecule has 0 bridgehead atoms. The van der Waals surface area contributed by atoms with Crippen LogP contribution in [0.15, 0.2) is 47.4 Å². The van der Waals surface area contributed by atoms with E-state index < -0.39 is 54.0 Å². The minimum atomic E-state index is -4.65. The summed E-state index contributed by atoms with van der Waals surface area (Å²) in [5, 5.41) is 16.7. The van der Waals surface area contributed by atoms with Crippen molar-refractivity contribution in [1.29, 1.82) is 0 Å². The van der Waals surface area contributed by atoms with Crippen LogP contribution in [0, 0.1) is 0 Å². The van der Waals surface area contributed by atoms with E-state index in [-0.39, 0.29) is 64.6 Å². The molecule has 13 nitrogen and oxygen atoms in total. The molecule has 3 aliphatic heterocycles. The highest BCUT2D eigenvalue weighted by Crippen LogP contribution is 2.45. The molecule has 1 spiro atoms. The quantitative estimate of drug-likeness (QED) is 0.296. The zero-order chi connectivity index (χ0) is 34.7. The number of carbonyl (C=O) groups excluding carboxylic acids is 2. The van der Waals surface area contributed by atoms with Crippen LogP contribution in [-0.4, -0.2) is 78.4 Å². The van der Waals surface area contributed by atoms with E-state index in [1.54, 1.807) is 6.08 Å². The molecule has 256 valence electrons. The Labute approximate surface area is 278 Å². The van der Waals surface area contributed by atoms with Crippen LogP contribution in [0.4, 0.5) is 23.2 Å². The molecule has 4 aromatic rings. The van der Waals surface area contributed by atoms with Crippen molar-refractivity contribution in [3.63, 3.8) is 0 Å². The van der Waals surface area contributed by atoms with Crippen LogP contribution in [0.25, 0.3) is 11.4 Å². The van der Waals surface area contributed by atoms with Gasteiger partial charge in [-0.1, -0.05) is 17.7 Å². The standard InChI is InChI=1S/C31H26ClF4N7O6/c32-18-12-17(31(34,35)36)3-4-19(18)38-23(45)14-42-20-15-49-30(7-9-41(13-22(30)33)28(47)25-21(44)2-1-8-37-25)24(20)27(46)43-29(42)39-26(40-43)16-5-10-48-11-6-16/h1-5,8,12,22,44H,6-7,9-11,13-15H2,(H,38,45)/t22-,30+/m0/s1. The monoisotopic (exact) mass is 703 g/mol. The summed E-state index contributed by atoms with van der Waals surface area (Å²) in [6, 6.07) is 5.20.